The summed E-state index contributed by atoms with van der Waals surface area (Å²) >= 11 is 0. The van der Waals surface area contributed by atoms with Crippen LogP contribution in [0.15, 0.2) is 17.0 Å². The maximum absolute atomic E-state index is 11.6. The number of ether oxygens (including phenoxy) is 1. The Labute approximate surface area is 117 Å². The van der Waals surface area contributed by atoms with Gasteiger partial charge in [0.15, 0.2) is 6.29 Å². The molecular weight excluding hydrogens is 312 g/mol. The fourth-order valence-electron chi connectivity index (χ4n) is 1.43. The van der Waals surface area contributed by atoms with Crippen molar-refractivity contribution in [3.8, 4) is 5.75 Å². The first kappa shape index (κ1) is 16.8. The van der Waals surface area contributed by atoms with Gasteiger partial charge in [0, 0.05) is 0 Å². The highest BCUT2D eigenvalue weighted by molar-refractivity contribution is 7.86. The van der Waals surface area contributed by atoms with Crippen LogP contribution >= 0.6 is 0 Å². The summed E-state index contributed by atoms with van der Waals surface area (Å²) in [6.45, 7) is -0.929. The Bertz CT molecular complexity index is 675. The predicted molar refractivity (Wildman–Crippen MR) is 63.4 cm³/mol. The Morgan fingerprint density at radius 3 is 2.14 bits per heavy atom. The van der Waals surface area contributed by atoms with Gasteiger partial charge < -0.3 is 25.2 Å². The average Bonchev–Trinajstić information content (AvgIpc) is 2.33. The lowest BCUT2D eigenvalue weighted by molar-refractivity contribution is -0.0813. The van der Waals surface area contributed by atoms with E-state index in [-0.39, 0.29) is 0 Å². The molecule has 1 aromatic carbocycles. The molecule has 0 radical (unpaired) electrons. The topological polar surface area (TPSA) is 179 Å². The van der Waals surface area contributed by atoms with E-state index in [0.717, 1.165) is 0 Å². The minimum Gasteiger partial charge on any atom is -0.508 e. The third kappa shape index (κ3) is 4.13. The number of aliphatic hydroxyl groups excluding tert-OH is 1. The highest BCUT2D eigenvalue weighted by Gasteiger charge is 2.29. The molecule has 0 amide bonds. The van der Waals surface area contributed by atoms with E-state index in [0.29, 0.717) is 12.1 Å². The van der Waals surface area contributed by atoms with Crippen molar-refractivity contribution in [2.75, 3.05) is 6.61 Å². The third-order valence-electron chi connectivity index (χ3n) is 2.15. The Kier molecular flexibility index (Phi) is 4.85. The molecule has 0 aromatic heterocycles. The molecule has 0 heterocycles. The number of phenols is 1. The average molecular weight is 322 g/mol. The van der Waals surface area contributed by atoms with Crippen LogP contribution in [0.3, 0.4) is 0 Å². The summed E-state index contributed by atoms with van der Waals surface area (Å²) in [5.74, 6) is -4.07. The van der Waals surface area contributed by atoms with Crippen LogP contribution in [-0.2, 0) is 14.9 Å². The fourth-order valence-corrected chi connectivity index (χ4v) is 2.27. The first-order valence-electron chi connectivity index (χ1n) is 5.15. The molecule has 1 rings (SSSR count). The molecule has 0 bridgehead atoms. The molecule has 5 N–H and O–H groups in total. The van der Waals surface area contributed by atoms with Gasteiger partial charge in [0.2, 0.25) is 0 Å². The highest BCUT2D eigenvalue weighted by atomic mass is 32.2. The minimum atomic E-state index is -5.13. The van der Waals surface area contributed by atoms with E-state index in [1.54, 1.807) is 0 Å². The van der Waals surface area contributed by atoms with Gasteiger partial charge in [-0.3, -0.25) is 4.55 Å². The third-order valence-corrected chi connectivity index (χ3v) is 3.10. The lowest BCUT2D eigenvalue weighted by Crippen LogP contribution is -2.20. The number of esters is 1. The molecule has 21 heavy (non-hydrogen) atoms. The summed E-state index contributed by atoms with van der Waals surface area (Å²) < 4.78 is 35.8. The number of carboxylic acids is 1. The molecule has 1 aromatic rings. The zero-order valence-corrected chi connectivity index (χ0v) is 10.9. The number of aromatic carboxylic acids is 1. The Balaban J connectivity index is 3.50. The number of carboxylic acid groups (broad SMARTS) is 1. The molecule has 0 aliphatic carbocycles. The Morgan fingerprint density at radius 2 is 1.71 bits per heavy atom. The van der Waals surface area contributed by atoms with Crippen molar-refractivity contribution >= 4 is 22.1 Å². The first-order valence-corrected chi connectivity index (χ1v) is 6.59. The van der Waals surface area contributed by atoms with E-state index in [1.165, 1.54) is 0 Å². The SMILES string of the molecule is O=C(O)c1cc(O)cc(C(=O)OCC(O)O)c1S(=O)(=O)O. The van der Waals surface area contributed by atoms with E-state index in [2.05, 4.69) is 4.74 Å². The van der Waals surface area contributed by atoms with Crippen molar-refractivity contribution in [2.24, 2.45) is 0 Å². The second-order valence-electron chi connectivity index (χ2n) is 3.73. The lowest BCUT2D eigenvalue weighted by atomic mass is 10.1. The van der Waals surface area contributed by atoms with Crippen molar-refractivity contribution in [3.05, 3.63) is 23.3 Å². The monoisotopic (exact) mass is 322 g/mol. The quantitative estimate of drug-likeness (QED) is 0.251. The van der Waals surface area contributed by atoms with E-state index in [9.17, 15) is 23.1 Å². The largest absolute Gasteiger partial charge is 0.508 e. The molecule has 0 aliphatic heterocycles. The summed E-state index contributed by atoms with van der Waals surface area (Å²) in [5.41, 5.74) is -2.01. The van der Waals surface area contributed by atoms with Crippen LogP contribution in [0.4, 0.5) is 0 Å². The summed E-state index contributed by atoms with van der Waals surface area (Å²) in [6.07, 6.45) is -2.04. The molecular formula is C10H10O10S. The van der Waals surface area contributed by atoms with Crippen LogP contribution in [-0.4, -0.2) is 58.2 Å². The summed E-state index contributed by atoms with van der Waals surface area (Å²) in [7, 11) is -5.13. The maximum atomic E-state index is 11.6. The van der Waals surface area contributed by atoms with Crippen molar-refractivity contribution in [1.29, 1.82) is 0 Å². The lowest BCUT2D eigenvalue weighted by Gasteiger charge is -2.11. The van der Waals surface area contributed by atoms with Crippen molar-refractivity contribution in [1.82, 2.24) is 0 Å². The molecule has 116 valence electrons. The van der Waals surface area contributed by atoms with Gasteiger partial charge in [0.1, 0.15) is 17.3 Å². The van der Waals surface area contributed by atoms with Gasteiger partial charge in [-0.15, -0.1) is 0 Å². The predicted octanol–water partition coefficient (Wildman–Crippen LogP) is -1.20. The number of aromatic hydroxyl groups is 1. The molecule has 0 saturated carbocycles. The number of carbonyl (C=O) groups excluding carboxylic acids is 1. The van der Waals surface area contributed by atoms with Gasteiger partial charge >= 0.3 is 11.9 Å². The zero-order chi connectivity index (χ0) is 16.4. The molecule has 0 fully saturated rings. The van der Waals surface area contributed by atoms with Crippen molar-refractivity contribution < 1.29 is 47.7 Å². The van der Waals surface area contributed by atoms with E-state index < -0.39 is 56.7 Å². The van der Waals surface area contributed by atoms with Crippen LogP contribution in [0.25, 0.3) is 0 Å². The van der Waals surface area contributed by atoms with Gasteiger partial charge in [-0.2, -0.15) is 8.42 Å². The Morgan fingerprint density at radius 1 is 1.19 bits per heavy atom. The second-order valence-corrected chi connectivity index (χ2v) is 5.09. The standard InChI is InChI=1S/C10H10O10S/c11-4-1-5(9(14)15)8(21(17,18)19)6(2-4)10(16)20-3-7(12)13/h1-2,7,11-13H,3H2,(H,14,15)(H,17,18,19). The van der Waals surface area contributed by atoms with Crippen LogP contribution in [0.1, 0.15) is 20.7 Å². The molecule has 10 nitrogen and oxygen atoms in total. The first-order chi connectivity index (χ1) is 9.54. The molecule has 11 heteroatoms. The van der Waals surface area contributed by atoms with Gasteiger partial charge in [-0.05, 0) is 12.1 Å². The summed E-state index contributed by atoms with van der Waals surface area (Å²) in [6, 6.07) is 1.07. The van der Waals surface area contributed by atoms with Crippen LogP contribution in [0.2, 0.25) is 0 Å². The molecule has 0 atom stereocenters. The summed E-state index contributed by atoms with van der Waals surface area (Å²) in [4.78, 5) is 21.3. The molecule has 0 aliphatic rings. The Hall–Kier alpha value is -2.21. The minimum absolute atomic E-state index is 0.517. The maximum Gasteiger partial charge on any atom is 0.339 e. The fraction of sp³-hybridized carbons (Fsp3) is 0.200. The van der Waals surface area contributed by atoms with Gasteiger partial charge in [0.05, 0.1) is 11.1 Å². The summed E-state index contributed by atoms with van der Waals surface area (Å²) in [5, 5.41) is 35.3. The van der Waals surface area contributed by atoms with Crippen molar-refractivity contribution in [3.63, 3.8) is 0 Å². The van der Waals surface area contributed by atoms with E-state index in [4.69, 9.17) is 19.9 Å². The molecule has 0 spiro atoms. The number of hydrogen-bond acceptors (Lipinski definition) is 8. The second kappa shape index (κ2) is 6.05. The van der Waals surface area contributed by atoms with Crippen LogP contribution in [0.5, 0.6) is 5.75 Å². The number of phenolic OH excluding ortho intramolecular Hbond substituents is 1. The molecule has 0 unspecified atom stereocenters. The zero-order valence-electron chi connectivity index (χ0n) is 10.1. The number of rotatable bonds is 5. The number of benzene rings is 1. The van der Waals surface area contributed by atoms with Crippen molar-refractivity contribution in [2.45, 2.75) is 11.2 Å². The molecule has 0 saturated heterocycles. The van der Waals surface area contributed by atoms with Crippen LogP contribution < -0.4 is 0 Å². The number of aliphatic hydroxyl groups is 2. The van der Waals surface area contributed by atoms with E-state index in [1.807, 2.05) is 0 Å². The number of hydrogen-bond donors (Lipinski definition) is 5. The number of carbonyl (C=O) groups is 2. The van der Waals surface area contributed by atoms with Gasteiger partial charge in [-0.1, -0.05) is 0 Å². The van der Waals surface area contributed by atoms with E-state index >= 15 is 0 Å². The van der Waals surface area contributed by atoms with Crippen LogP contribution in [0, 0.1) is 0 Å². The van der Waals surface area contributed by atoms with Gasteiger partial charge in [-0.25, -0.2) is 9.59 Å². The van der Waals surface area contributed by atoms with Gasteiger partial charge in [0.25, 0.3) is 10.1 Å². The smallest absolute Gasteiger partial charge is 0.339 e. The highest BCUT2D eigenvalue weighted by Crippen LogP contribution is 2.27. The normalized spacial score (nSPS) is 11.4.